The number of hydrogen-bond donors (Lipinski definition) is 1. The average Bonchev–Trinajstić information content (AvgIpc) is 2.42. The molecule has 3 nitrogen and oxygen atoms in total. The van der Waals surface area contributed by atoms with E-state index in [4.69, 9.17) is 0 Å². The lowest BCUT2D eigenvalue weighted by molar-refractivity contribution is -1.02. The lowest BCUT2D eigenvalue weighted by atomic mass is 9.96. The molecule has 4 rings (SSSR count). The van der Waals surface area contributed by atoms with Gasteiger partial charge in [-0.2, -0.15) is 0 Å². The van der Waals surface area contributed by atoms with Crippen LogP contribution in [0.2, 0.25) is 0 Å². The summed E-state index contributed by atoms with van der Waals surface area (Å²) in [7, 11) is 0. The molecule has 1 N–H and O–H groups in total. The van der Waals surface area contributed by atoms with Crippen LogP contribution < -0.4 is 0 Å². The van der Waals surface area contributed by atoms with Gasteiger partial charge in [-0.3, -0.25) is 9.38 Å². The molecule has 3 fully saturated rings. The maximum Gasteiger partial charge on any atom is 0.224 e. The van der Waals surface area contributed by atoms with Gasteiger partial charge in [0, 0.05) is 32.1 Å². The Morgan fingerprint density at radius 3 is 2.12 bits per heavy atom. The minimum Gasteiger partial charge on any atom is -0.339 e. The molecule has 3 heteroatoms. The van der Waals surface area contributed by atoms with Crippen LogP contribution in [-0.4, -0.2) is 53.8 Å². The molecule has 3 aliphatic rings. The second kappa shape index (κ2) is 3.80. The molecule has 1 unspecified atom stereocenters. The van der Waals surface area contributed by atoms with E-state index in [1.807, 2.05) is 37.3 Å². The molecule has 17 heavy (non-hydrogen) atoms. The smallest absolute Gasteiger partial charge is 0.224 e. The first-order valence-electron chi connectivity index (χ1n) is 6.51. The summed E-state index contributed by atoms with van der Waals surface area (Å²) >= 11 is 0. The Morgan fingerprint density at radius 1 is 1.06 bits per heavy atom. The average molecular weight is 233 g/mol. The number of hydrogen-bond acceptors (Lipinski definition) is 2. The van der Waals surface area contributed by atoms with Gasteiger partial charge in [-0.25, -0.2) is 0 Å². The van der Waals surface area contributed by atoms with E-state index >= 15 is 0 Å². The van der Waals surface area contributed by atoms with Gasteiger partial charge in [-0.1, -0.05) is 30.3 Å². The third-order valence-electron chi connectivity index (χ3n) is 4.78. The minimum atomic E-state index is -0.742. The van der Waals surface area contributed by atoms with E-state index in [0.29, 0.717) is 0 Å². The number of quaternary nitrogens is 1. The first-order chi connectivity index (χ1) is 8.14. The van der Waals surface area contributed by atoms with E-state index in [1.165, 1.54) is 0 Å². The second-order valence-electron chi connectivity index (χ2n) is 5.54. The first kappa shape index (κ1) is 11.2. The highest BCUT2D eigenvalue weighted by Gasteiger charge is 2.51. The van der Waals surface area contributed by atoms with Crippen LogP contribution in [0.5, 0.6) is 0 Å². The molecule has 0 saturated carbocycles. The third-order valence-corrected chi connectivity index (χ3v) is 4.78. The molecular formula is C14H21N2O+. The van der Waals surface area contributed by atoms with Crippen molar-refractivity contribution in [2.45, 2.75) is 12.6 Å². The van der Waals surface area contributed by atoms with Crippen molar-refractivity contribution in [3.63, 3.8) is 0 Å². The summed E-state index contributed by atoms with van der Waals surface area (Å²) in [6.45, 7) is 8.59. The molecule has 0 radical (unpaired) electrons. The summed E-state index contributed by atoms with van der Waals surface area (Å²) in [5.74, 6) is 0. The van der Waals surface area contributed by atoms with Crippen LogP contribution in [0, 0.1) is 0 Å². The Bertz CT molecular complexity index is 380. The molecule has 0 aliphatic carbocycles. The van der Waals surface area contributed by atoms with Gasteiger partial charge in [0.1, 0.15) is 0 Å². The standard InChI is InChI=1S/C14H21N2O/c1-14(17,13-5-3-2-4-6-13)16-10-7-15(8-11-16)9-12-16/h2-6,17H,7-12H2,1H3/q+1. The van der Waals surface area contributed by atoms with Gasteiger partial charge in [-0.15, -0.1) is 0 Å². The van der Waals surface area contributed by atoms with Crippen molar-refractivity contribution < 1.29 is 9.59 Å². The number of nitrogens with zero attached hydrogens (tertiary/aromatic N) is 2. The van der Waals surface area contributed by atoms with E-state index in [1.54, 1.807) is 0 Å². The fourth-order valence-corrected chi connectivity index (χ4v) is 3.35. The van der Waals surface area contributed by atoms with Gasteiger partial charge >= 0.3 is 0 Å². The minimum absolute atomic E-state index is 0.742. The number of benzene rings is 1. The lowest BCUT2D eigenvalue weighted by Gasteiger charge is -2.56. The van der Waals surface area contributed by atoms with E-state index < -0.39 is 5.72 Å². The zero-order chi connectivity index (χ0) is 11.9. The van der Waals surface area contributed by atoms with Crippen LogP contribution in [0.1, 0.15) is 12.5 Å². The van der Waals surface area contributed by atoms with Gasteiger partial charge in [0.2, 0.25) is 5.72 Å². The SMILES string of the molecule is CC(O)(c1ccccc1)[N+]12CCN(CC1)CC2. The first-order valence-corrected chi connectivity index (χ1v) is 6.51. The molecule has 3 aliphatic heterocycles. The maximum absolute atomic E-state index is 11.0. The normalized spacial score (nSPS) is 35.5. The Labute approximate surface area is 103 Å². The lowest BCUT2D eigenvalue weighted by Crippen LogP contribution is -2.73. The van der Waals surface area contributed by atoms with E-state index in [0.717, 1.165) is 49.3 Å². The van der Waals surface area contributed by atoms with Crippen molar-refractivity contribution in [3.8, 4) is 0 Å². The van der Waals surface area contributed by atoms with Gasteiger partial charge < -0.3 is 5.11 Å². The Balaban J connectivity index is 1.96. The monoisotopic (exact) mass is 233 g/mol. The Morgan fingerprint density at radius 2 is 1.59 bits per heavy atom. The number of fused-ring (bicyclic) bond motifs is 3. The molecule has 0 aromatic heterocycles. The fraction of sp³-hybridized carbons (Fsp3) is 0.571. The van der Waals surface area contributed by atoms with Crippen LogP contribution in [-0.2, 0) is 5.72 Å². The van der Waals surface area contributed by atoms with Crippen molar-refractivity contribution in [2.75, 3.05) is 39.3 Å². The molecule has 1 atom stereocenters. The summed E-state index contributed by atoms with van der Waals surface area (Å²) in [6.07, 6.45) is 0. The summed E-state index contributed by atoms with van der Waals surface area (Å²) in [6, 6.07) is 10.1. The summed E-state index contributed by atoms with van der Waals surface area (Å²) in [4.78, 5) is 2.50. The van der Waals surface area contributed by atoms with Gasteiger partial charge in [0.15, 0.2) is 0 Å². The van der Waals surface area contributed by atoms with Crippen LogP contribution in [0.15, 0.2) is 30.3 Å². The molecule has 0 spiro atoms. The van der Waals surface area contributed by atoms with Crippen LogP contribution >= 0.6 is 0 Å². The van der Waals surface area contributed by atoms with Crippen LogP contribution in [0.25, 0.3) is 0 Å². The van der Waals surface area contributed by atoms with Crippen molar-refractivity contribution in [3.05, 3.63) is 35.9 Å². The fourth-order valence-electron chi connectivity index (χ4n) is 3.35. The summed E-state index contributed by atoms with van der Waals surface area (Å²) < 4.78 is 0.841. The quantitative estimate of drug-likeness (QED) is 0.770. The van der Waals surface area contributed by atoms with Crippen LogP contribution in [0.3, 0.4) is 0 Å². The molecule has 3 saturated heterocycles. The highest BCUT2D eigenvalue weighted by atomic mass is 16.3. The van der Waals surface area contributed by atoms with Gasteiger partial charge in [0.05, 0.1) is 19.6 Å². The molecule has 3 heterocycles. The second-order valence-corrected chi connectivity index (χ2v) is 5.54. The molecule has 1 aromatic rings. The van der Waals surface area contributed by atoms with Gasteiger partial charge in [-0.05, 0) is 0 Å². The zero-order valence-electron chi connectivity index (χ0n) is 10.5. The van der Waals surface area contributed by atoms with Crippen LogP contribution in [0.4, 0.5) is 0 Å². The molecular weight excluding hydrogens is 212 g/mol. The van der Waals surface area contributed by atoms with E-state index in [2.05, 4.69) is 4.90 Å². The highest BCUT2D eigenvalue weighted by molar-refractivity contribution is 5.19. The molecule has 92 valence electrons. The summed E-state index contributed by atoms with van der Waals surface area (Å²) in [5.41, 5.74) is 0.309. The van der Waals surface area contributed by atoms with Crippen molar-refractivity contribution in [2.24, 2.45) is 0 Å². The van der Waals surface area contributed by atoms with Gasteiger partial charge in [0.25, 0.3) is 0 Å². The number of rotatable bonds is 2. The number of piperazine rings is 3. The maximum atomic E-state index is 11.0. The third kappa shape index (κ3) is 1.61. The number of aliphatic hydroxyl groups is 1. The van der Waals surface area contributed by atoms with Crippen molar-refractivity contribution in [1.82, 2.24) is 4.90 Å². The predicted molar refractivity (Wildman–Crippen MR) is 67.3 cm³/mol. The van der Waals surface area contributed by atoms with E-state index in [-0.39, 0.29) is 0 Å². The highest BCUT2D eigenvalue weighted by Crippen LogP contribution is 2.36. The predicted octanol–water partition coefficient (Wildman–Crippen LogP) is 0.998. The Kier molecular flexibility index (Phi) is 2.51. The molecule has 2 bridgehead atoms. The topological polar surface area (TPSA) is 23.5 Å². The van der Waals surface area contributed by atoms with Crippen molar-refractivity contribution in [1.29, 1.82) is 0 Å². The molecule has 1 aromatic carbocycles. The van der Waals surface area contributed by atoms with E-state index in [9.17, 15) is 5.11 Å². The molecule has 0 amide bonds. The zero-order valence-corrected chi connectivity index (χ0v) is 10.5. The van der Waals surface area contributed by atoms with Crippen molar-refractivity contribution >= 4 is 0 Å². The largest absolute Gasteiger partial charge is 0.339 e. The Hall–Kier alpha value is -0.900. The summed E-state index contributed by atoms with van der Waals surface area (Å²) in [5, 5.41) is 11.0.